The second kappa shape index (κ2) is 9.06. The Kier molecular flexibility index (Phi) is 7.02. The Morgan fingerprint density at radius 3 is 2.46 bits per heavy atom. The first-order chi connectivity index (χ1) is 13.0. The molecular formula is C21H27ClN2O4. The van der Waals surface area contributed by atoms with E-state index in [1.165, 1.54) is 0 Å². The van der Waals surface area contributed by atoms with E-state index < -0.39 is 11.0 Å². The fourth-order valence-electron chi connectivity index (χ4n) is 2.86. The number of nitrogens with one attached hydrogen (secondary N) is 2. The van der Waals surface area contributed by atoms with Gasteiger partial charge in [-0.15, -0.1) is 11.6 Å². The maximum atomic E-state index is 10.6. The Balaban J connectivity index is 2.00. The SMILES string of the molecule is CC(CCc1ccc(NCc2cc(O)cc(C(C)(C)Cl)c2)c(O)c1)NC(=O)O. The average molecular weight is 407 g/mol. The van der Waals surface area contributed by atoms with Gasteiger partial charge >= 0.3 is 6.09 Å². The predicted molar refractivity (Wildman–Crippen MR) is 111 cm³/mol. The van der Waals surface area contributed by atoms with Crippen molar-refractivity contribution in [3.8, 4) is 11.5 Å². The van der Waals surface area contributed by atoms with Crippen molar-refractivity contribution in [1.29, 1.82) is 0 Å². The van der Waals surface area contributed by atoms with Crippen molar-refractivity contribution < 1.29 is 20.1 Å². The Morgan fingerprint density at radius 1 is 1.14 bits per heavy atom. The van der Waals surface area contributed by atoms with Crippen molar-refractivity contribution in [1.82, 2.24) is 5.32 Å². The van der Waals surface area contributed by atoms with Crippen LogP contribution in [0.25, 0.3) is 0 Å². The van der Waals surface area contributed by atoms with Gasteiger partial charge in [0.2, 0.25) is 0 Å². The molecule has 2 rings (SSSR count). The summed E-state index contributed by atoms with van der Waals surface area (Å²) >= 11 is 6.33. The largest absolute Gasteiger partial charge is 0.508 e. The van der Waals surface area contributed by atoms with Crippen molar-refractivity contribution in [3.63, 3.8) is 0 Å². The Labute approximate surface area is 170 Å². The van der Waals surface area contributed by atoms with Gasteiger partial charge in [0.15, 0.2) is 0 Å². The standard InChI is InChI=1S/C21H27ClN2O4/c1-13(24-20(27)28)4-5-14-6-7-18(19(26)10-14)23-12-15-8-16(21(2,3)22)11-17(25)9-15/h6-11,13,23-26H,4-5,12H2,1-3H3,(H,27,28). The monoisotopic (exact) mass is 406 g/mol. The highest BCUT2D eigenvalue weighted by atomic mass is 35.5. The smallest absolute Gasteiger partial charge is 0.404 e. The third kappa shape index (κ3) is 6.53. The van der Waals surface area contributed by atoms with E-state index in [4.69, 9.17) is 16.7 Å². The Morgan fingerprint density at radius 2 is 1.86 bits per heavy atom. The molecule has 0 aliphatic rings. The molecule has 0 aliphatic heterocycles. The molecule has 5 N–H and O–H groups in total. The highest BCUT2D eigenvalue weighted by molar-refractivity contribution is 6.23. The van der Waals surface area contributed by atoms with Crippen LogP contribution >= 0.6 is 11.6 Å². The zero-order valence-electron chi connectivity index (χ0n) is 16.3. The number of hydrogen-bond donors (Lipinski definition) is 5. The van der Waals surface area contributed by atoms with Gasteiger partial charge in [-0.1, -0.05) is 12.1 Å². The van der Waals surface area contributed by atoms with Crippen LogP contribution in [-0.4, -0.2) is 27.5 Å². The number of phenolic OH excluding ortho intramolecular Hbond substituents is 2. The summed E-state index contributed by atoms with van der Waals surface area (Å²) in [6.07, 6.45) is 0.247. The van der Waals surface area contributed by atoms with E-state index in [1.54, 1.807) is 31.2 Å². The van der Waals surface area contributed by atoms with E-state index in [-0.39, 0.29) is 17.5 Å². The van der Waals surface area contributed by atoms with Crippen molar-refractivity contribution >= 4 is 23.4 Å². The number of alkyl halides is 1. The lowest BCUT2D eigenvalue weighted by molar-refractivity contribution is 0.190. The molecule has 7 heteroatoms. The lowest BCUT2D eigenvalue weighted by atomic mass is 9.99. The molecular weight excluding hydrogens is 380 g/mol. The molecule has 0 heterocycles. The van der Waals surface area contributed by atoms with E-state index in [9.17, 15) is 15.0 Å². The summed E-state index contributed by atoms with van der Waals surface area (Å²) in [4.78, 5) is 10.0. The molecule has 1 amide bonds. The summed E-state index contributed by atoms with van der Waals surface area (Å²) in [5.74, 6) is 0.265. The minimum Gasteiger partial charge on any atom is -0.508 e. The first kappa shape index (κ1) is 21.7. The van der Waals surface area contributed by atoms with Gasteiger partial charge in [0, 0.05) is 12.6 Å². The van der Waals surface area contributed by atoms with Crippen LogP contribution in [0.15, 0.2) is 36.4 Å². The predicted octanol–water partition coefficient (Wildman–Crippen LogP) is 4.77. The normalized spacial score (nSPS) is 12.4. The molecule has 2 aromatic carbocycles. The second-order valence-corrected chi connectivity index (χ2v) is 8.40. The number of anilines is 1. The van der Waals surface area contributed by atoms with E-state index in [1.807, 2.05) is 26.0 Å². The van der Waals surface area contributed by atoms with Crippen LogP contribution in [0.5, 0.6) is 11.5 Å². The van der Waals surface area contributed by atoms with E-state index >= 15 is 0 Å². The fourth-order valence-corrected chi connectivity index (χ4v) is 2.97. The zero-order chi connectivity index (χ0) is 20.9. The first-order valence-electron chi connectivity index (χ1n) is 9.12. The summed E-state index contributed by atoms with van der Waals surface area (Å²) in [5, 5.41) is 34.5. The van der Waals surface area contributed by atoms with Crippen molar-refractivity contribution in [2.24, 2.45) is 0 Å². The summed E-state index contributed by atoms with van der Waals surface area (Å²) in [5.41, 5.74) is 3.16. The molecule has 28 heavy (non-hydrogen) atoms. The van der Waals surface area contributed by atoms with E-state index in [2.05, 4.69) is 10.6 Å². The quantitative estimate of drug-likeness (QED) is 0.321. The zero-order valence-corrected chi connectivity index (χ0v) is 17.0. The van der Waals surface area contributed by atoms with Crippen LogP contribution in [0.4, 0.5) is 10.5 Å². The van der Waals surface area contributed by atoms with Gasteiger partial charge in [-0.25, -0.2) is 4.79 Å². The molecule has 0 aliphatic carbocycles. The van der Waals surface area contributed by atoms with Crippen molar-refractivity contribution in [3.05, 3.63) is 53.1 Å². The number of halogens is 1. The fraction of sp³-hybridized carbons (Fsp3) is 0.381. The van der Waals surface area contributed by atoms with Crippen molar-refractivity contribution in [2.45, 2.75) is 51.1 Å². The molecule has 1 unspecified atom stereocenters. The van der Waals surface area contributed by atoms with Gasteiger partial charge in [-0.05, 0) is 74.6 Å². The third-order valence-corrected chi connectivity index (χ3v) is 4.66. The van der Waals surface area contributed by atoms with Crippen LogP contribution in [0, 0.1) is 0 Å². The first-order valence-corrected chi connectivity index (χ1v) is 9.50. The number of aryl methyl sites for hydroxylation is 1. The van der Waals surface area contributed by atoms with Crippen LogP contribution in [-0.2, 0) is 17.8 Å². The van der Waals surface area contributed by atoms with Crippen LogP contribution in [0.2, 0.25) is 0 Å². The lowest BCUT2D eigenvalue weighted by Crippen LogP contribution is -2.31. The molecule has 1 atom stereocenters. The molecule has 0 spiro atoms. The molecule has 0 bridgehead atoms. The van der Waals surface area contributed by atoms with E-state index in [0.29, 0.717) is 25.1 Å². The number of carboxylic acid groups (broad SMARTS) is 1. The molecule has 6 nitrogen and oxygen atoms in total. The van der Waals surface area contributed by atoms with Gasteiger partial charge in [-0.3, -0.25) is 0 Å². The Hall–Kier alpha value is -2.60. The minimum absolute atomic E-state index is 0.120. The number of rotatable bonds is 8. The van der Waals surface area contributed by atoms with Crippen LogP contribution in [0.3, 0.4) is 0 Å². The summed E-state index contributed by atoms with van der Waals surface area (Å²) in [6, 6.07) is 10.4. The minimum atomic E-state index is -1.04. The summed E-state index contributed by atoms with van der Waals surface area (Å²) in [7, 11) is 0. The van der Waals surface area contributed by atoms with E-state index in [0.717, 1.165) is 16.7 Å². The van der Waals surface area contributed by atoms with Crippen molar-refractivity contribution in [2.75, 3.05) is 5.32 Å². The maximum Gasteiger partial charge on any atom is 0.404 e. The molecule has 0 radical (unpaired) electrons. The Bertz CT molecular complexity index is 834. The maximum absolute atomic E-state index is 10.6. The number of amides is 1. The third-order valence-electron chi connectivity index (χ3n) is 4.45. The van der Waals surface area contributed by atoms with Crippen LogP contribution in [0.1, 0.15) is 43.9 Å². The highest BCUT2D eigenvalue weighted by Crippen LogP contribution is 2.32. The molecule has 0 saturated heterocycles. The molecule has 0 saturated carbocycles. The number of aromatic hydroxyl groups is 2. The van der Waals surface area contributed by atoms with Gasteiger partial charge < -0.3 is 26.0 Å². The van der Waals surface area contributed by atoms with Gasteiger partial charge in [0.25, 0.3) is 0 Å². The topological polar surface area (TPSA) is 102 Å². The summed E-state index contributed by atoms with van der Waals surface area (Å²) < 4.78 is 0. The number of hydrogen-bond acceptors (Lipinski definition) is 4. The molecule has 0 fully saturated rings. The number of benzene rings is 2. The molecule has 2 aromatic rings. The van der Waals surface area contributed by atoms with Gasteiger partial charge in [-0.2, -0.15) is 0 Å². The lowest BCUT2D eigenvalue weighted by Gasteiger charge is -2.18. The second-order valence-electron chi connectivity index (χ2n) is 7.45. The molecule has 152 valence electrons. The van der Waals surface area contributed by atoms with Gasteiger partial charge in [0.1, 0.15) is 11.5 Å². The average Bonchev–Trinajstić information content (AvgIpc) is 2.57. The van der Waals surface area contributed by atoms with Crippen LogP contribution < -0.4 is 10.6 Å². The highest BCUT2D eigenvalue weighted by Gasteiger charge is 2.18. The number of carbonyl (C=O) groups is 1. The summed E-state index contributed by atoms with van der Waals surface area (Å²) in [6.45, 7) is 5.94. The van der Waals surface area contributed by atoms with Gasteiger partial charge in [0.05, 0.1) is 10.6 Å². The molecule has 0 aromatic heterocycles. The number of phenols is 2.